The number of hydrogen-bond acceptors (Lipinski definition) is 4. The van der Waals surface area contributed by atoms with Gasteiger partial charge in [-0.15, -0.1) is 0 Å². The number of ether oxygens (including phenoxy) is 1. The SMILES string of the molecule is CCCCCCC(C)Oc1cc(NCC)ncn1. The molecule has 1 heterocycles. The first-order valence-electron chi connectivity index (χ1n) is 6.98. The molecule has 0 saturated heterocycles. The van der Waals surface area contributed by atoms with Gasteiger partial charge in [0.15, 0.2) is 0 Å². The van der Waals surface area contributed by atoms with E-state index in [0.717, 1.165) is 18.8 Å². The molecule has 0 saturated carbocycles. The summed E-state index contributed by atoms with van der Waals surface area (Å²) in [5.74, 6) is 1.48. The van der Waals surface area contributed by atoms with E-state index in [0.29, 0.717) is 5.88 Å². The van der Waals surface area contributed by atoms with E-state index in [4.69, 9.17) is 4.74 Å². The molecule has 1 atom stereocenters. The van der Waals surface area contributed by atoms with Crippen LogP contribution < -0.4 is 10.1 Å². The van der Waals surface area contributed by atoms with Crippen LogP contribution in [0.15, 0.2) is 12.4 Å². The van der Waals surface area contributed by atoms with Crippen molar-refractivity contribution in [2.24, 2.45) is 0 Å². The molecule has 0 aliphatic heterocycles. The highest BCUT2D eigenvalue weighted by Crippen LogP contribution is 2.15. The molecule has 1 rings (SSSR count). The van der Waals surface area contributed by atoms with Gasteiger partial charge < -0.3 is 10.1 Å². The van der Waals surface area contributed by atoms with Crippen LogP contribution in [-0.2, 0) is 0 Å². The van der Waals surface area contributed by atoms with Gasteiger partial charge >= 0.3 is 0 Å². The third-order valence-corrected chi connectivity index (χ3v) is 2.79. The highest BCUT2D eigenvalue weighted by Gasteiger charge is 2.05. The first-order valence-corrected chi connectivity index (χ1v) is 6.98. The fourth-order valence-electron chi connectivity index (χ4n) is 1.81. The van der Waals surface area contributed by atoms with Gasteiger partial charge in [-0.05, 0) is 26.7 Å². The van der Waals surface area contributed by atoms with Crippen molar-refractivity contribution in [2.75, 3.05) is 11.9 Å². The zero-order valence-corrected chi connectivity index (χ0v) is 11.8. The number of unbranched alkanes of at least 4 members (excludes halogenated alkanes) is 3. The fraction of sp³-hybridized carbons (Fsp3) is 0.714. The highest BCUT2D eigenvalue weighted by molar-refractivity contribution is 5.36. The van der Waals surface area contributed by atoms with Crippen LogP contribution in [0.2, 0.25) is 0 Å². The molecule has 0 spiro atoms. The second-order valence-electron chi connectivity index (χ2n) is 4.55. The van der Waals surface area contributed by atoms with Gasteiger partial charge in [0, 0.05) is 12.6 Å². The second-order valence-corrected chi connectivity index (χ2v) is 4.55. The predicted octanol–water partition coefficient (Wildman–Crippen LogP) is 3.65. The molecule has 0 bridgehead atoms. The minimum atomic E-state index is 0.214. The lowest BCUT2D eigenvalue weighted by molar-refractivity contribution is 0.198. The van der Waals surface area contributed by atoms with Crippen molar-refractivity contribution in [1.82, 2.24) is 9.97 Å². The quantitative estimate of drug-likeness (QED) is 0.681. The standard InChI is InChI=1S/C14H25N3O/c1-4-6-7-8-9-12(3)18-14-10-13(15-5-2)16-11-17-14/h10-12H,4-9H2,1-3H3,(H,15,16,17). The minimum Gasteiger partial charge on any atom is -0.475 e. The molecular formula is C14H25N3O. The van der Waals surface area contributed by atoms with Crippen LogP contribution in [0, 0.1) is 0 Å². The molecule has 0 amide bonds. The van der Waals surface area contributed by atoms with Crippen molar-refractivity contribution >= 4 is 5.82 Å². The molecule has 102 valence electrons. The monoisotopic (exact) mass is 251 g/mol. The Morgan fingerprint density at radius 3 is 2.78 bits per heavy atom. The third kappa shape index (κ3) is 5.84. The van der Waals surface area contributed by atoms with E-state index in [2.05, 4.69) is 29.1 Å². The van der Waals surface area contributed by atoms with Crippen LogP contribution in [0.3, 0.4) is 0 Å². The molecule has 1 unspecified atom stereocenters. The number of hydrogen-bond donors (Lipinski definition) is 1. The first-order chi connectivity index (χ1) is 8.76. The minimum absolute atomic E-state index is 0.214. The second kappa shape index (κ2) is 8.72. The zero-order valence-electron chi connectivity index (χ0n) is 11.8. The summed E-state index contributed by atoms with van der Waals surface area (Å²) in [5.41, 5.74) is 0. The summed E-state index contributed by atoms with van der Waals surface area (Å²) in [4.78, 5) is 8.25. The average Bonchev–Trinajstić information content (AvgIpc) is 2.35. The normalized spacial score (nSPS) is 12.2. The van der Waals surface area contributed by atoms with Crippen molar-refractivity contribution in [3.05, 3.63) is 12.4 Å². The molecular weight excluding hydrogens is 226 g/mol. The Morgan fingerprint density at radius 2 is 2.06 bits per heavy atom. The van der Waals surface area contributed by atoms with Crippen molar-refractivity contribution in [3.63, 3.8) is 0 Å². The van der Waals surface area contributed by atoms with Crippen LogP contribution in [0.4, 0.5) is 5.82 Å². The van der Waals surface area contributed by atoms with Gasteiger partial charge in [0.05, 0.1) is 6.10 Å². The maximum Gasteiger partial charge on any atom is 0.218 e. The van der Waals surface area contributed by atoms with Crippen LogP contribution in [-0.4, -0.2) is 22.6 Å². The number of nitrogens with one attached hydrogen (secondary N) is 1. The van der Waals surface area contributed by atoms with E-state index in [-0.39, 0.29) is 6.10 Å². The van der Waals surface area contributed by atoms with E-state index < -0.39 is 0 Å². The van der Waals surface area contributed by atoms with Gasteiger partial charge in [-0.25, -0.2) is 9.97 Å². The number of anilines is 1. The van der Waals surface area contributed by atoms with E-state index in [1.165, 1.54) is 32.0 Å². The predicted molar refractivity (Wildman–Crippen MR) is 75.0 cm³/mol. The van der Waals surface area contributed by atoms with Crippen molar-refractivity contribution < 1.29 is 4.74 Å². The van der Waals surface area contributed by atoms with E-state index in [1.807, 2.05) is 13.0 Å². The summed E-state index contributed by atoms with van der Waals surface area (Å²) >= 11 is 0. The maximum absolute atomic E-state index is 5.79. The summed E-state index contributed by atoms with van der Waals surface area (Å²) in [6.45, 7) is 7.21. The summed E-state index contributed by atoms with van der Waals surface area (Å²) < 4.78 is 5.79. The van der Waals surface area contributed by atoms with Crippen LogP contribution in [0.1, 0.15) is 52.9 Å². The van der Waals surface area contributed by atoms with Gasteiger partial charge in [-0.2, -0.15) is 0 Å². The van der Waals surface area contributed by atoms with Gasteiger partial charge in [0.1, 0.15) is 12.1 Å². The van der Waals surface area contributed by atoms with Gasteiger partial charge in [-0.1, -0.05) is 26.2 Å². The van der Waals surface area contributed by atoms with Crippen molar-refractivity contribution in [2.45, 2.75) is 59.0 Å². The van der Waals surface area contributed by atoms with Gasteiger partial charge in [-0.3, -0.25) is 0 Å². The largest absolute Gasteiger partial charge is 0.475 e. The fourth-order valence-corrected chi connectivity index (χ4v) is 1.81. The Kier molecular flexibility index (Phi) is 7.14. The molecule has 0 radical (unpaired) electrons. The van der Waals surface area contributed by atoms with Crippen LogP contribution >= 0.6 is 0 Å². The summed E-state index contributed by atoms with van der Waals surface area (Å²) in [7, 11) is 0. The molecule has 18 heavy (non-hydrogen) atoms. The lowest BCUT2D eigenvalue weighted by Gasteiger charge is -2.14. The Hall–Kier alpha value is -1.32. The topological polar surface area (TPSA) is 47.0 Å². The number of nitrogens with zero attached hydrogens (tertiary/aromatic N) is 2. The average molecular weight is 251 g/mol. The molecule has 1 aromatic rings. The lowest BCUT2D eigenvalue weighted by atomic mass is 10.1. The van der Waals surface area contributed by atoms with Gasteiger partial charge in [0.25, 0.3) is 0 Å². The first kappa shape index (κ1) is 14.7. The zero-order chi connectivity index (χ0) is 13.2. The maximum atomic E-state index is 5.79. The Labute approximate surface area is 110 Å². The third-order valence-electron chi connectivity index (χ3n) is 2.79. The van der Waals surface area contributed by atoms with Gasteiger partial charge in [0.2, 0.25) is 5.88 Å². The molecule has 1 aromatic heterocycles. The summed E-state index contributed by atoms with van der Waals surface area (Å²) in [6, 6.07) is 1.85. The van der Waals surface area contributed by atoms with Crippen molar-refractivity contribution in [1.29, 1.82) is 0 Å². The number of aromatic nitrogens is 2. The Morgan fingerprint density at radius 1 is 1.22 bits per heavy atom. The van der Waals surface area contributed by atoms with E-state index >= 15 is 0 Å². The molecule has 0 aliphatic carbocycles. The Balaban J connectivity index is 2.34. The summed E-state index contributed by atoms with van der Waals surface area (Å²) in [6.07, 6.45) is 7.93. The Bertz CT molecular complexity index is 331. The molecule has 0 fully saturated rings. The van der Waals surface area contributed by atoms with Crippen molar-refractivity contribution in [3.8, 4) is 5.88 Å². The van der Waals surface area contributed by atoms with E-state index in [1.54, 1.807) is 0 Å². The molecule has 1 N–H and O–H groups in total. The lowest BCUT2D eigenvalue weighted by Crippen LogP contribution is -2.13. The molecule has 0 aliphatic rings. The molecule has 4 nitrogen and oxygen atoms in total. The van der Waals surface area contributed by atoms with Crippen LogP contribution in [0.25, 0.3) is 0 Å². The van der Waals surface area contributed by atoms with Crippen LogP contribution in [0.5, 0.6) is 5.88 Å². The number of rotatable bonds is 9. The van der Waals surface area contributed by atoms with E-state index in [9.17, 15) is 0 Å². The highest BCUT2D eigenvalue weighted by atomic mass is 16.5. The smallest absolute Gasteiger partial charge is 0.218 e. The molecule has 4 heteroatoms. The summed E-state index contributed by atoms with van der Waals surface area (Å²) in [5, 5.41) is 3.15. The molecule has 0 aromatic carbocycles.